The van der Waals surface area contributed by atoms with Gasteiger partial charge in [-0.2, -0.15) is 0 Å². The number of benzene rings is 1. The molecule has 1 aromatic heterocycles. The molecule has 1 aromatic carbocycles. The van der Waals surface area contributed by atoms with Crippen LogP contribution in [0.15, 0.2) is 24.4 Å². The lowest BCUT2D eigenvalue weighted by Gasteiger charge is -2.20. The van der Waals surface area contributed by atoms with Crippen molar-refractivity contribution in [2.75, 3.05) is 0 Å². The number of hydrogen-bond donors (Lipinski definition) is 2. The fraction of sp³-hybridized carbons (Fsp3) is 0.273. The number of aromatic nitrogens is 1. The summed E-state index contributed by atoms with van der Waals surface area (Å²) in [7, 11) is 0. The van der Waals surface area contributed by atoms with E-state index >= 15 is 0 Å². The molecule has 3 N–H and O–H groups in total. The first-order chi connectivity index (χ1) is 6.50. The number of nitrogens with one attached hydrogen (secondary N) is 1. The SMILES string of the molecule is CC(C)(N)c1cccc2[nH]cc(Cl)c12. The van der Waals surface area contributed by atoms with E-state index in [1.165, 1.54) is 0 Å². The molecule has 0 atom stereocenters. The van der Waals surface area contributed by atoms with Gasteiger partial charge in [-0.15, -0.1) is 0 Å². The van der Waals surface area contributed by atoms with Crippen molar-refractivity contribution < 1.29 is 0 Å². The molecule has 0 aliphatic rings. The molecule has 14 heavy (non-hydrogen) atoms. The summed E-state index contributed by atoms with van der Waals surface area (Å²) >= 11 is 6.10. The van der Waals surface area contributed by atoms with Crippen molar-refractivity contribution >= 4 is 22.5 Å². The second-order valence-corrected chi connectivity index (χ2v) is 4.49. The molecule has 0 fully saturated rings. The minimum atomic E-state index is -0.370. The molecule has 0 saturated carbocycles. The van der Waals surface area contributed by atoms with E-state index in [0.29, 0.717) is 0 Å². The predicted molar refractivity (Wildman–Crippen MR) is 60.5 cm³/mol. The molecule has 1 heterocycles. The normalized spacial score (nSPS) is 12.3. The zero-order chi connectivity index (χ0) is 10.3. The van der Waals surface area contributed by atoms with Crippen LogP contribution >= 0.6 is 11.6 Å². The van der Waals surface area contributed by atoms with Gasteiger partial charge < -0.3 is 10.7 Å². The predicted octanol–water partition coefficient (Wildman–Crippen LogP) is 3.02. The van der Waals surface area contributed by atoms with Crippen LogP contribution in [0.25, 0.3) is 10.9 Å². The van der Waals surface area contributed by atoms with E-state index in [2.05, 4.69) is 4.98 Å². The van der Waals surface area contributed by atoms with Gasteiger partial charge in [0.25, 0.3) is 0 Å². The molecule has 0 aliphatic heterocycles. The maximum Gasteiger partial charge on any atom is 0.0662 e. The Hall–Kier alpha value is -0.990. The Morgan fingerprint density at radius 1 is 1.36 bits per heavy atom. The van der Waals surface area contributed by atoms with Gasteiger partial charge in [-0.05, 0) is 25.5 Å². The van der Waals surface area contributed by atoms with E-state index in [4.69, 9.17) is 17.3 Å². The van der Waals surface area contributed by atoms with Crippen LogP contribution in [0, 0.1) is 0 Å². The number of halogens is 1. The molecular formula is C11H13ClN2. The lowest BCUT2D eigenvalue weighted by molar-refractivity contribution is 0.560. The average molecular weight is 209 g/mol. The number of aromatic amines is 1. The maximum absolute atomic E-state index is 6.10. The third-order valence-corrected chi connectivity index (χ3v) is 2.65. The second kappa shape index (κ2) is 3.01. The first-order valence-electron chi connectivity index (χ1n) is 4.55. The number of nitrogens with two attached hydrogens (primary N) is 1. The molecule has 0 saturated heterocycles. The Balaban J connectivity index is 2.82. The molecule has 2 rings (SSSR count). The van der Waals surface area contributed by atoms with Crippen LogP contribution in [0.1, 0.15) is 19.4 Å². The first kappa shape index (κ1) is 9.56. The highest BCUT2D eigenvalue weighted by molar-refractivity contribution is 6.35. The summed E-state index contributed by atoms with van der Waals surface area (Å²) in [5, 5.41) is 1.76. The standard InChI is InChI=1S/C11H13ClN2/c1-11(2,13)7-4-3-5-9-10(7)8(12)6-14-9/h3-6,14H,13H2,1-2H3. The molecule has 74 valence electrons. The molecule has 0 spiro atoms. The molecule has 3 heteroatoms. The van der Waals surface area contributed by atoms with Gasteiger partial charge in [0.2, 0.25) is 0 Å². The molecule has 0 aliphatic carbocycles. The third-order valence-electron chi connectivity index (χ3n) is 2.35. The van der Waals surface area contributed by atoms with Gasteiger partial charge >= 0.3 is 0 Å². The Labute approximate surface area is 88.1 Å². The summed E-state index contributed by atoms with van der Waals surface area (Å²) in [6.45, 7) is 3.95. The van der Waals surface area contributed by atoms with Crippen LogP contribution in [-0.4, -0.2) is 4.98 Å². The minimum absolute atomic E-state index is 0.370. The zero-order valence-corrected chi connectivity index (χ0v) is 9.02. The van der Waals surface area contributed by atoms with E-state index in [9.17, 15) is 0 Å². The third kappa shape index (κ3) is 1.41. The Bertz CT molecular complexity index is 466. The van der Waals surface area contributed by atoms with E-state index in [1.54, 1.807) is 6.20 Å². The number of fused-ring (bicyclic) bond motifs is 1. The van der Waals surface area contributed by atoms with E-state index in [-0.39, 0.29) is 5.54 Å². The minimum Gasteiger partial charge on any atom is -0.360 e. The van der Waals surface area contributed by atoms with Crippen molar-refractivity contribution in [2.24, 2.45) is 5.73 Å². The summed E-state index contributed by atoms with van der Waals surface area (Å²) in [5.41, 5.74) is 7.81. The molecule has 0 radical (unpaired) electrons. The first-order valence-corrected chi connectivity index (χ1v) is 4.93. The van der Waals surface area contributed by atoms with Crippen LogP contribution in [0.4, 0.5) is 0 Å². The van der Waals surface area contributed by atoms with Crippen molar-refractivity contribution in [2.45, 2.75) is 19.4 Å². The summed E-state index contributed by atoms with van der Waals surface area (Å²) in [6, 6.07) is 6.00. The number of hydrogen-bond acceptors (Lipinski definition) is 1. The highest BCUT2D eigenvalue weighted by Crippen LogP contribution is 2.31. The fourth-order valence-electron chi connectivity index (χ4n) is 1.68. The Morgan fingerprint density at radius 2 is 2.07 bits per heavy atom. The Kier molecular flexibility index (Phi) is 2.05. The van der Waals surface area contributed by atoms with Crippen molar-refractivity contribution in [3.63, 3.8) is 0 Å². The molecular weight excluding hydrogens is 196 g/mol. The topological polar surface area (TPSA) is 41.8 Å². The molecule has 0 bridgehead atoms. The van der Waals surface area contributed by atoms with Gasteiger partial charge in [0.1, 0.15) is 0 Å². The summed E-state index contributed by atoms with van der Waals surface area (Å²) in [5.74, 6) is 0. The van der Waals surface area contributed by atoms with Gasteiger partial charge in [0.15, 0.2) is 0 Å². The monoisotopic (exact) mass is 208 g/mol. The number of H-pyrrole nitrogens is 1. The average Bonchev–Trinajstić information content (AvgIpc) is 2.46. The Morgan fingerprint density at radius 3 is 2.71 bits per heavy atom. The van der Waals surface area contributed by atoms with Gasteiger partial charge in [0, 0.05) is 22.6 Å². The fourth-order valence-corrected chi connectivity index (χ4v) is 1.94. The maximum atomic E-state index is 6.10. The largest absolute Gasteiger partial charge is 0.360 e. The van der Waals surface area contributed by atoms with Gasteiger partial charge in [0.05, 0.1) is 5.02 Å². The van der Waals surface area contributed by atoms with Crippen LogP contribution in [0.3, 0.4) is 0 Å². The smallest absolute Gasteiger partial charge is 0.0662 e. The molecule has 0 unspecified atom stereocenters. The van der Waals surface area contributed by atoms with E-state index in [1.807, 2.05) is 32.0 Å². The highest BCUT2D eigenvalue weighted by Gasteiger charge is 2.18. The molecule has 0 amide bonds. The van der Waals surface area contributed by atoms with Crippen molar-refractivity contribution in [3.05, 3.63) is 35.0 Å². The van der Waals surface area contributed by atoms with Gasteiger partial charge in [-0.25, -0.2) is 0 Å². The number of rotatable bonds is 1. The van der Waals surface area contributed by atoms with E-state index in [0.717, 1.165) is 21.5 Å². The lowest BCUT2D eigenvalue weighted by Crippen LogP contribution is -2.28. The van der Waals surface area contributed by atoms with Crippen LogP contribution in [-0.2, 0) is 5.54 Å². The van der Waals surface area contributed by atoms with Crippen LogP contribution in [0.5, 0.6) is 0 Å². The quantitative estimate of drug-likeness (QED) is 0.743. The zero-order valence-electron chi connectivity index (χ0n) is 8.26. The van der Waals surface area contributed by atoms with Crippen molar-refractivity contribution in [1.29, 1.82) is 0 Å². The van der Waals surface area contributed by atoms with Gasteiger partial charge in [-0.3, -0.25) is 0 Å². The molecule has 2 aromatic rings. The van der Waals surface area contributed by atoms with Crippen LogP contribution < -0.4 is 5.73 Å². The van der Waals surface area contributed by atoms with Gasteiger partial charge in [-0.1, -0.05) is 23.7 Å². The highest BCUT2D eigenvalue weighted by atomic mass is 35.5. The van der Waals surface area contributed by atoms with Crippen molar-refractivity contribution in [1.82, 2.24) is 4.98 Å². The summed E-state index contributed by atoms with van der Waals surface area (Å²) in [6.07, 6.45) is 1.79. The summed E-state index contributed by atoms with van der Waals surface area (Å²) in [4.78, 5) is 3.11. The molecule has 2 nitrogen and oxygen atoms in total. The second-order valence-electron chi connectivity index (χ2n) is 4.09. The summed E-state index contributed by atoms with van der Waals surface area (Å²) < 4.78 is 0. The van der Waals surface area contributed by atoms with Crippen molar-refractivity contribution in [3.8, 4) is 0 Å². The van der Waals surface area contributed by atoms with Crippen LogP contribution in [0.2, 0.25) is 5.02 Å². The lowest BCUT2D eigenvalue weighted by atomic mass is 9.93. The van der Waals surface area contributed by atoms with E-state index < -0.39 is 0 Å².